The summed E-state index contributed by atoms with van der Waals surface area (Å²) >= 11 is 0. The highest BCUT2D eigenvalue weighted by molar-refractivity contribution is 5.77. The van der Waals surface area contributed by atoms with E-state index in [0.717, 1.165) is 5.56 Å². The lowest BCUT2D eigenvalue weighted by molar-refractivity contribution is -0.121. The number of carbonyl (C=O) groups excluding carboxylic acids is 1. The van der Waals surface area contributed by atoms with Crippen LogP contribution >= 0.6 is 0 Å². The van der Waals surface area contributed by atoms with Gasteiger partial charge in [-0.2, -0.15) is 0 Å². The zero-order valence-electron chi connectivity index (χ0n) is 11.4. The van der Waals surface area contributed by atoms with Crippen molar-refractivity contribution in [1.82, 2.24) is 0 Å². The van der Waals surface area contributed by atoms with Gasteiger partial charge in [0.2, 0.25) is 5.91 Å². The van der Waals surface area contributed by atoms with Crippen LogP contribution in [-0.2, 0) is 11.2 Å². The second kappa shape index (κ2) is 6.84. The highest BCUT2D eigenvalue weighted by Crippen LogP contribution is 2.35. The number of hydrogen-bond acceptors (Lipinski definition) is 5. The fraction of sp³-hybridized carbons (Fsp3) is 0.462. The molecule has 1 rings (SSSR count). The topological polar surface area (TPSA) is 96.8 Å². The van der Waals surface area contributed by atoms with Crippen LogP contribution in [0.1, 0.15) is 5.56 Å². The predicted octanol–water partition coefficient (Wildman–Crippen LogP) is 0.315. The molecule has 0 aliphatic carbocycles. The molecule has 0 aliphatic rings. The smallest absolute Gasteiger partial charge is 0.222 e. The fourth-order valence-electron chi connectivity index (χ4n) is 1.83. The molecule has 0 aliphatic heterocycles. The van der Waals surface area contributed by atoms with E-state index in [4.69, 9.17) is 25.7 Å². The Labute approximate surface area is 112 Å². The molecule has 1 aromatic rings. The Bertz CT molecular complexity index is 423. The molecule has 0 spiro atoms. The molecule has 1 atom stereocenters. The molecule has 1 aromatic carbocycles. The van der Waals surface area contributed by atoms with Gasteiger partial charge in [-0.25, -0.2) is 0 Å². The summed E-state index contributed by atoms with van der Waals surface area (Å²) in [5, 5.41) is 0. The van der Waals surface area contributed by atoms with Crippen LogP contribution in [0.5, 0.6) is 17.2 Å². The molecule has 106 valence electrons. The zero-order valence-corrected chi connectivity index (χ0v) is 11.4. The van der Waals surface area contributed by atoms with Crippen LogP contribution < -0.4 is 25.7 Å². The first-order chi connectivity index (χ1) is 9.07. The van der Waals surface area contributed by atoms with E-state index < -0.39 is 11.8 Å². The van der Waals surface area contributed by atoms with Crippen LogP contribution in [0.2, 0.25) is 0 Å². The second-order valence-electron chi connectivity index (χ2n) is 4.05. The van der Waals surface area contributed by atoms with Crippen molar-refractivity contribution in [2.75, 3.05) is 27.9 Å². The van der Waals surface area contributed by atoms with Crippen LogP contribution in [0.3, 0.4) is 0 Å². The predicted molar refractivity (Wildman–Crippen MR) is 71.5 cm³/mol. The van der Waals surface area contributed by atoms with Gasteiger partial charge in [0, 0.05) is 24.2 Å². The SMILES string of the molecule is COc1cc(OC)c(CC(CN)C(N)=O)c(OC)c1. The maximum absolute atomic E-state index is 11.3. The molecule has 6 heteroatoms. The van der Waals surface area contributed by atoms with Crippen molar-refractivity contribution in [3.63, 3.8) is 0 Å². The van der Waals surface area contributed by atoms with E-state index in [1.807, 2.05) is 0 Å². The van der Waals surface area contributed by atoms with Gasteiger partial charge in [-0.1, -0.05) is 0 Å². The summed E-state index contributed by atoms with van der Waals surface area (Å²) < 4.78 is 15.8. The first-order valence-corrected chi connectivity index (χ1v) is 5.85. The number of methoxy groups -OCH3 is 3. The Hall–Kier alpha value is -1.95. The molecule has 0 heterocycles. The lowest BCUT2D eigenvalue weighted by Crippen LogP contribution is -2.31. The molecule has 19 heavy (non-hydrogen) atoms. The van der Waals surface area contributed by atoms with Gasteiger partial charge in [-0.3, -0.25) is 4.79 Å². The monoisotopic (exact) mass is 268 g/mol. The van der Waals surface area contributed by atoms with Crippen molar-refractivity contribution in [3.8, 4) is 17.2 Å². The van der Waals surface area contributed by atoms with Crippen LogP contribution in [0.25, 0.3) is 0 Å². The fourth-order valence-corrected chi connectivity index (χ4v) is 1.83. The number of primary amides is 1. The lowest BCUT2D eigenvalue weighted by atomic mass is 9.97. The van der Waals surface area contributed by atoms with E-state index in [0.29, 0.717) is 23.7 Å². The highest BCUT2D eigenvalue weighted by Gasteiger charge is 2.20. The summed E-state index contributed by atoms with van der Waals surface area (Å²) in [6, 6.07) is 3.46. The van der Waals surface area contributed by atoms with E-state index in [2.05, 4.69) is 0 Å². The molecule has 0 saturated carbocycles. The third-order valence-electron chi connectivity index (χ3n) is 2.95. The van der Waals surface area contributed by atoms with Gasteiger partial charge >= 0.3 is 0 Å². The second-order valence-corrected chi connectivity index (χ2v) is 4.05. The molecule has 1 unspecified atom stereocenters. The Morgan fingerprint density at radius 3 is 2.00 bits per heavy atom. The maximum Gasteiger partial charge on any atom is 0.222 e. The Morgan fingerprint density at radius 1 is 1.16 bits per heavy atom. The lowest BCUT2D eigenvalue weighted by Gasteiger charge is -2.18. The number of nitrogens with two attached hydrogens (primary N) is 2. The number of hydrogen-bond donors (Lipinski definition) is 2. The van der Waals surface area contributed by atoms with Crippen molar-refractivity contribution < 1.29 is 19.0 Å². The molecule has 0 fully saturated rings. The van der Waals surface area contributed by atoms with Crippen molar-refractivity contribution in [3.05, 3.63) is 17.7 Å². The average Bonchev–Trinajstić information content (AvgIpc) is 2.43. The molecule has 0 saturated heterocycles. The van der Waals surface area contributed by atoms with E-state index in [1.165, 1.54) is 0 Å². The largest absolute Gasteiger partial charge is 0.496 e. The number of benzene rings is 1. The van der Waals surface area contributed by atoms with Gasteiger partial charge in [0.25, 0.3) is 0 Å². The van der Waals surface area contributed by atoms with Crippen molar-refractivity contribution in [1.29, 1.82) is 0 Å². The van der Waals surface area contributed by atoms with E-state index in [1.54, 1.807) is 33.5 Å². The minimum absolute atomic E-state index is 0.174. The summed E-state index contributed by atoms with van der Waals surface area (Å²) in [5.74, 6) is 0.867. The first-order valence-electron chi connectivity index (χ1n) is 5.85. The van der Waals surface area contributed by atoms with Gasteiger partial charge in [-0.05, 0) is 6.42 Å². The Morgan fingerprint density at radius 2 is 1.68 bits per heavy atom. The molecular weight excluding hydrogens is 248 g/mol. The van der Waals surface area contributed by atoms with Crippen molar-refractivity contribution in [2.24, 2.45) is 17.4 Å². The number of amides is 1. The molecule has 4 N–H and O–H groups in total. The summed E-state index contributed by atoms with van der Waals surface area (Å²) in [4.78, 5) is 11.3. The Kier molecular flexibility index (Phi) is 5.44. The Balaban J connectivity index is 3.20. The summed E-state index contributed by atoms with van der Waals surface area (Å²) in [6.07, 6.45) is 0.363. The van der Waals surface area contributed by atoms with Crippen molar-refractivity contribution >= 4 is 5.91 Å². The van der Waals surface area contributed by atoms with Crippen molar-refractivity contribution in [2.45, 2.75) is 6.42 Å². The summed E-state index contributed by atoms with van der Waals surface area (Å²) in [6.45, 7) is 0.174. The number of ether oxygens (including phenoxy) is 3. The zero-order chi connectivity index (χ0) is 14.4. The molecule has 0 aromatic heterocycles. The first kappa shape index (κ1) is 15.1. The average molecular weight is 268 g/mol. The highest BCUT2D eigenvalue weighted by atomic mass is 16.5. The minimum atomic E-state index is -0.462. The van der Waals surface area contributed by atoms with Gasteiger partial charge < -0.3 is 25.7 Å². The molecule has 0 bridgehead atoms. The number of rotatable bonds is 7. The molecule has 6 nitrogen and oxygen atoms in total. The standard InChI is InChI=1S/C13H20N2O4/c1-17-9-5-11(18-2)10(12(6-9)19-3)4-8(7-14)13(15)16/h5-6,8H,4,7,14H2,1-3H3,(H2,15,16). The van der Waals surface area contributed by atoms with Gasteiger partial charge in [0.15, 0.2) is 0 Å². The van der Waals surface area contributed by atoms with Gasteiger partial charge in [0.1, 0.15) is 17.2 Å². The quantitative estimate of drug-likeness (QED) is 0.742. The van der Waals surface area contributed by atoms with Crippen LogP contribution in [0, 0.1) is 5.92 Å². The molecule has 0 radical (unpaired) electrons. The van der Waals surface area contributed by atoms with Crippen LogP contribution in [0.4, 0.5) is 0 Å². The van der Waals surface area contributed by atoms with E-state index in [-0.39, 0.29) is 6.54 Å². The summed E-state index contributed by atoms with van der Waals surface area (Å²) in [5.41, 5.74) is 11.6. The third-order valence-corrected chi connectivity index (χ3v) is 2.95. The molecular formula is C13H20N2O4. The third kappa shape index (κ3) is 3.51. The maximum atomic E-state index is 11.3. The van der Waals surface area contributed by atoms with Gasteiger partial charge in [-0.15, -0.1) is 0 Å². The normalized spacial score (nSPS) is 11.8. The van der Waals surface area contributed by atoms with Crippen LogP contribution in [0.15, 0.2) is 12.1 Å². The summed E-state index contributed by atoms with van der Waals surface area (Å²) in [7, 11) is 4.64. The van der Waals surface area contributed by atoms with E-state index >= 15 is 0 Å². The molecule has 1 amide bonds. The van der Waals surface area contributed by atoms with Crippen LogP contribution in [-0.4, -0.2) is 33.8 Å². The number of carbonyl (C=O) groups is 1. The van der Waals surface area contributed by atoms with Gasteiger partial charge in [0.05, 0.1) is 27.2 Å². The van der Waals surface area contributed by atoms with E-state index in [9.17, 15) is 4.79 Å². The minimum Gasteiger partial charge on any atom is -0.496 e.